The molecule has 0 saturated heterocycles. The van der Waals surface area contributed by atoms with Gasteiger partial charge in [-0.25, -0.2) is 0 Å². The molecule has 96 valence electrons. The number of nitrogens with zero attached hydrogens (tertiary/aromatic N) is 1. The maximum Gasteiger partial charge on any atom is 0.308 e. The van der Waals surface area contributed by atoms with E-state index in [0.29, 0.717) is 5.75 Å². The minimum Gasteiger partial charge on any atom is -0.426 e. The first-order valence-corrected chi connectivity index (χ1v) is 6.04. The van der Waals surface area contributed by atoms with Gasteiger partial charge in [-0.2, -0.15) is 0 Å². The maximum atomic E-state index is 11.0. The maximum absolute atomic E-state index is 11.0. The molecule has 1 heterocycles. The Bertz CT molecular complexity index is 618. The lowest BCUT2D eigenvalue weighted by Crippen LogP contribution is -2.02. The third-order valence-corrected chi connectivity index (χ3v) is 2.52. The van der Waals surface area contributed by atoms with E-state index in [0.717, 1.165) is 17.0 Å². The van der Waals surface area contributed by atoms with Crippen LogP contribution in [0.5, 0.6) is 5.75 Å². The van der Waals surface area contributed by atoms with Crippen molar-refractivity contribution in [2.24, 2.45) is 0 Å². The number of carbonyl (C=O) groups excluding carboxylic acids is 1. The van der Waals surface area contributed by atoms with Crippen LogP contribution in [0.4, 0.5) is 0 Å². The molecule has 3 heteroatoms. The van der Waals surface area contributed by atoms with E-state index in [1.807, 2.05) is 55.5 Å². The van der Waals surface area contributed by atoms with Crippen molar-refractivity contribution in [1.82, 2.24) is 4.98 Å². The number of ether oxygens (including phenoxy) is 1. The summed E-state index contributed by atoms with van der Waals surface area (Å²) in [5.41, 5.74) is 2.69. The average molecular weight is 253 g/mol. The van der Waals surface area contributed by atoms with E-state index in [1.54, 1.807) is 6.07 Å². The Morgan fingerprint density at radius 3 is 2.63 bits per heavy atom. The second-order valence-corrected chi connectivity index (χ2v) is 4.17. The molecular weight excluding hydrogens is 238 g/mol. The van der Waals surface area contributed by atoms with Gasteiger partial charge in [0, 0.05) is 18.2 Å². The Balaban J connectivity index is 2.25. The van der Waals surface area contributed by atoms with Crippen LogP contribution in [0.25, 0.3) is 12.2 Å². The molecule has 0 atom stereocenters. The fourth-order valence-corrected chi connectivity index (χ4v) is 1.70. The van der Waals surface area contributed by atoms with Crippen LogP contribution in [0.15, 0.2) is 42.5 Å². The molecule has 0 spiro atoms. The first-order chi connectivity index (χ1) is 9.15. The molecule has 2 aromatic rings. The topological polar surface area (TPSA) is 39.2 Å². The first kappa shape index (κ1) is 13.0. The molecule has 0 unspecified atom stereocenters. The number of benzene rings is 1. The van der Waals surface area contributed by atoms with Gasteiger partial charge in [0.1, 0.15) is 5.75 Å². The predicted octanol–water partition coefficient (Wildman–Crippen LogP) is 3.49. The lowest BCUT2D eigenvalue weighted by atomic mass is 10.1. The van der Waals surface area contributed by atoms with Crippen LogP contribution in [-0.4, -0.2) is 11.0 Å². The second-order valence-electron chi connectivity index (χ2n) is 4.17. The number of hydrogen-bond acceptors (Lipinski definition) is 3. The normalized spacial score (nSPS) is 10.6. The number of aryl methyl sites for hydroxylation is 1. The van der Waals surface area contributed by atoms with E-state index >= 15 is 0 Å². The van der Waals surface area contributed by atoms with Gasteiger partial charge in [-0.1, -0.05) is 24.3 Å². The molecule has 0 aliphatic heterocycles. The molecule has 1 aromatic heterocycles. The summed E-state index contributed by atoms with van der Waals surface area (Å²) in [6.45, 7) is 3.34. The monoisotopic (exact) mass is 253 g/mol. The van der Waals surface area contributed by atoms with Gasteiger partial charge in [0.15, 0.2) is 0 Å². The van der Waals surface area contributed by atoms with Crippen LogP contribution >= 0.6 is 0 Å². The minimum atomic E-state index is -0.325. The molecule has 2 rings (SSSR count). The van der Waals surface area contributed by atoms with E-state index in [2.05, 4.69) is 4.98 Å². The van der Waals surface area contributed by atoms with E-state index in [9.17, 15) is 4.79 Å². The van der Waals surface area contributed by atoms with Gasteiger partial charge >= 0.3 is 5.97 Å². The van der Waals surface area contributed by atoms with Crippen LogP contribution in [-0.2, 0) is 4.79 Å². The van der Waals surface area contributed by atoms with Crippen molar-refractivity contribution in [3.05, 3.63) is 59.4 Å². The summed E-state index contributed by atoms with van der Waals surface area (Å²) in [7, 11) is 0. The Kier molecular flexibility index (Phi) is 4.08. The van der Waals surface area contributed by atoms with Gasteiger partial charge in [0.05, 0.1) is 5.69 Å². The Hall–Kier alpha value is -2.42. The molecule has 0 aliphatic rings. The van der Waals surface area contributed by atoms with Crippen LogP contribution in [0.1, 0.15) is 23.9 Å². The lowest BCUT2D eigenvalue weighted by molar-refractivity contribution is -0.131. The lowest BCUT2D eigenvalue weighted by Gasteiger charge is -2.04. The summed E-state index contributed by atoms with van der Waals surface area (Å²) in [5, 5.41) is 0. The number of aromatic nitrogens is 1. The minimum absolute atomic E-state index is 0.325. The Labute approximate surface area is 112 Å². The van der Waals surface area contributed by atoms with Gasteiger partial charge in [0.2, 0.25) is 0 Å². The molecule has 0 fully saturated rings. The zero-order valence-corrected chi connectivity index (χ0v) is 11.0. The summed E-state index contributed by atoms with van der Waals surface area (Å²) in [6.07, 6.45) is 3.79. The highest BCUT2D eigenvalue weighted by Crippen LogP contribution is 2.20. The highest BCUT2D eigenvalue weighted by molar-refractivity contribution is 5.75. The van der Waals surface area contributed by atoms with Crippen LogP contribution in [0, 0.1) is 6.92 Å². The van der Waals surface area contributed by atoms with Gasteiger partial charge in [-0.3, -0.25) is 9.78 Å². The van der Waals surface area contributed by atoms with E-state index < -0.39 is 0 Å². The van der Waals surface area contributed by atoms with Crippen LogP contribution in [0.2, 0.25) is 0 Å². The molecule has 3 nitrogen and oxygen atoms in total. The third-order valence-electron chi connectivity index (χ3n) is 2.52. The summed E-state index contributed by atoms with van der Waals surface area (Å²) in [4.78, 5) is 15.4. The van der Waals surface area contributed by atoms with Crippen molar-refractivity contribution in [2.45, 2.75) is 13.8 Å². The SMILES string of the molecule is CC(=O)Oc1ccccc1C=Cc1cccc(C)n1. The van der Waals surface area contributed by atoms with Crippen molar-refractivity contribution in [3.8, 4) is 5.75 Å². The molecule has 19 heavy (non-hydrogen) atoms. The fourth-order valence-electron chi connectivity index (χ4n) is 1.70. The molecule has 0 N–H and O–H groups in total. The standard InChI is InChI=1S/C16H15NO2/c1-12-6-5-8-15(17-12)11-10-14-7-3-4-9-16(14)19-13(2)18/h3-11H,1-2H3. The number of esters is 1. The summed E-state index contributed by atoms with van der Waals surface area (Å²) in [5.74, 6) is 0.230. The Morgan fingerprint density at radius 1 is 1.11 bits per heavy atom. The van der Waals surface area contributed by atoms with Crippen molar-refractivity contribution in [2.75, 3.05) is 0 Å². The number of rotatable bonds is 3. The highest BCUT2D eigenvalue weighted by Gasteiger charge is 2.02. The molecule has 0 saturated carbocycles. The smallest absolute Gasteiger partial charge is 0.308 e. The van der Waals surface area contributed by atoms with E-state index in [4.69, 9.17) is 4.74 Å². The van der Waals surface area contributed by atoms with Crippen molar-refractivity contribution < 1.29 is 9.53 Å². The highest BCUT2D eigenvalue weighted by atomic mass is 16.5. The molecule has 0 aliphatic carbocycles. The summed E-state index contributed by atoms with van der Waals surface area (Å²) in [6, 6.07) is 13.2. The van der Waals surface area contributed by atoms with Crippen LogP contribution < -0.4 is 4.74 Å². The number of para-hydroxylation sites is 1. The number of pyridine rings is 1. The Morgan fingerprint density at radius 2 is 1.89 bits per heavy atom. The zero-order chi connectivity index (χ0) is 13.7. The van der Waals surface area contributed by atoms with Crippen molar-refractivity contribution >= 4 is 18.1 Å². The van der Waals surface area contributed by atoms with Crippen molar-refractivity contribution in [3.63, 3.8) is 0 Å². The quantitative estimate of drug-likeness (QED) is 0.621. The van der Waals surface area contributed by atoms with Gasteiger partial charge in [0.25, 0.3) is 0 Å². The molecular formula is C16H15NO2. The van der Waals surface area contributed by atoms with Crippen LogP contribution in [0.3, 0.4) is 0 Å². The first-order valence-electron chi connectivity index (χ1n) is 6.04. The summed E-state index contributed by atoms with van der Waals surface area (Å²) >= 11 is 0. The van der Waals surface area contributed by atoms with Gasteiger partial charge in [-0.15, -0.1) is 0 Å². The molecule has 0 radical (unpaired) electrons. The van der Waals surface area contributed by atoms with E-state index in [-0.39, 0.29) is 5.97 Å². The average Bonchev–Trinajstić information content (AvgIpc) is 2.37. The fraction of sp³-hybridized carbons (Fsp3) is 0.125. The predicted molar refractivity (Wildman–Crippen MR) is 75.7 cm³/mol. The number of carbonyl (C=O) groups is 1. The summed E-state index contributed by atoms with van der Waals surface area (Å²) < 4.78 is 5.15. The van der Waals surface area contributed by atoms with Gasteiger partial charge in [-0.05, 0) is 37.3 Å². The van der Waals surface area contributed by atoms with Gasteiger partial charge < -0.3 is 4.74 Å². The molecule has 0 bridgehead atoms. The van der Waals surface area contributed by atoms with Crippen molar-refractivity contribution in [1.29, 1.82) is 0 Å². The molecule has 1 aromatic carbocycles. The zero-order valence-electron chi connectivity index (χ0n) is 11.0. The second kappa shape index (κ2) is 5.96. The number of hydrogen-bond donors (Lipinski definition) is 0. The third kappa shape index (κ3) is 3.78. The largest absolute Gasteiger partial charge is 0.426 e. The van der Waals surface area contributed by atoms with E-state index in [1.165, 1.54) is 6.92 Å². The molecule has 0 amide bonds.